The number of halogens is 4. The molecule has 0 saturated carbocycles. The van der Waals surface area contributed by atoms with Crippen molar-refractivity contribution in [2.45, 2.75) is 19.5 Å². The number of Topliss-reactive ketones (excluding diaryl/α,β-unsaturated/α-hetero) is 1. The van der Waals surface area contributed by atoms with Crippen LogP contribution in [0, 0.1) is 0 Å². The van der Waals surface area contributed by atoms with Gasteiger partial charge in [-0.3, -0.25) is 14.2 Å². The number of aromatic nitrogens is 2. The largest absolute Gasteiger partial charge is 0.431 e. The van der Waals surface area contributed by atoms with E-state index in [1.807, 2.05) is 0 Å². The van der Waals surface area contributed by atoms with Crippen molar-refractivity contribution >= 4 is 17.4 Å². The predicted molar refractivity (Wildman–Crippen MR) is 81.9 cm³/mol. The van der Waals surface area contributed by atoms with Gasteiger partial charge >= 0.3 is 11.9 Å². The minimum absolute atomic E-state index is 0.0319. The number of carbonyl (C=O) groups is 1. The molecule has 1 aromatic carbocycles. The van der Waals surface area contributed by atoms with E-state index in [1.54, 1.807) is 6.92 Å². The number of alkyl halides is 3. The highest BCUT2D eigenvalue weighted by Crippen LogP contribution is 2.27. The van der Waals surface area contributed by atoms with E-state index in [0.717, 1.165) is 7.05 Å². The van der Waals surface area contributed by atoms with Gasteiger partial charge in [-0.25, -0.2) is 9.36 Å². The van der Waals surface area contributed by atoms with E-state index in [1.165, 1.54) is 18.2 Å². The Morgan fingerprint density at radius 3 is 2.38 bits per heavy atom. The molecule has 0 radical (unpaired) electrons. The Balaban J connectivity index is 2.76. The second-order valence-corrected chi connectivity index (χ2v) is 5.39. The van der Waals surface area contributed by atoms with E-state index in [0.29, 0.717) is 15.2 Å². The summed E-state index contributed by atoms with van der Waals surface area (Å²) in [5.74, 6) is -0.321. The van der Waals surface area contributed by atoms with Crippen LogP contribution in [0.15, 0.2) is 33.9 Å². The van der Waals surface area contributed by atoms with Crippen LogP contribution in [0.5, 0.6) is 0 Å². The summed E-state index contributed by atoms with van der Waals surface area (Å²) in [6.07, 6.45) is -4.70. The maximum Gasteiger partial charge on any atom is 0.431 e. The molecule has 1 aromatic heterocycles. The van der Waals surface area contributed by atoms with Crippen LogP contribution >= 0.6 is 11.6 Å². The molecule has 24 heavy (non-hydrogen) atoms. The molecule has 0 aliphatic rings. The van der Waals surface area contributed by atoms with Crippen LogP contribution in [0.2, 0.25) is 5.02 Å². The average Bonchev–Trinajstić information content (AvgIpc) is 2.50. The summed E-state index contributed by atoms with van der Waals surface area (Å²) in [6, 6.07) is 4.13. The second-order valence-electron chi connectivity index (χ2n) is 4.98. The van der Waals surface area contributed by atoms with Gasteiger partial charge in [0, 0.05) is 25.1 Å². The second kappa shape index (κ2) is 6.27. The van der Waals surface area contributed by atoms with Gasteiger partial charge in [0.25, 0.3) is 5.56 Å². The van der Waals surface area contributed by atoms with Gasteiger partial charge in [-0.05, 0) is 18.2 Å². The Morgan fingerprint density at radius 2 is 1.83 bits per heavy atom. The zero-order valence-corrected chi connectivity index (χ0v) is 13.4. The summed E-state index contributed by atoms with van der Waals surface area (Å²) in [5, 5.41) is 0.127. The van der Waals surface area contributed by atoms with E-state index in [4.69, 9.17) is 11.6 Å². The number of nitrogens with zero attached hydrogens (tertiary/aromatic N) is 2. The van der Waals surface area contributed by atoms with Crippen molar-refractivity contribution in [3.63, 3.8) is 0 Å². The van der Waals surface area contributed by atoms with Crippen LogP contribution in [0.1, 0.15) is 29.4 Å². The van der Waals surface area contributed by atoms with Crippen LogP contribution in [0.25, 0.3) is 5.69 Å². The first-order valence-corrected chi connectivity index (χ1v) is 7.19. The standard InChI is InChI=1S/C15H12ClF3N2O3/c1-3-11(22)9-6-8(4-5-10(9)16)21-13(23)7-12(15(17,18)19)20(2)14(21)24/h4-7H,3H2,1-2H3. The minimum atomic E-state index is -4.84. The fourth-order valence-electron chi connectivity index (χ4n) is 2.19. The van der Waals surface area contributed by atoms with Crippen molar-refractivity contribution in [2.75, 3.05) is 0 Å². The molecular weight excluding hydrogens is 349 g/mol. The average molecular weight is 361 g/mol. The SMILES string of the molecule is CCC(=O)c1cc(-n2c(=O)cc(C(F)(F)F)n(C)c2=O)ccc1Cl. The Labute approximate surface area is 138 Å². The zero-order chi connectivity index (χ0) is 18.2. The van der Waals surface area contributed by atoms with E-state index in [-0.39, 0.29) is 28.5 Å². The molecule has 9 heteroatoms. The highest BCUT2D eigenvalue weighted by atomic mass is 35.5. The van der Waals surface area contributed by atoms with Crippen molar-refractivity contribution in [1.82, 2.24) is 9.13 Å². The Hall–Kier alpha value is -2.35. The van der Waals surface area contributed by atoms with Gasteiger partial charge in [0.1, 0.15) is 5.69 Å². The van der Waals surface area contributed by atoms with E-state index in [2.05, 4.69) is 0 Å². The molecule has 1 heterocycles. The fraction of sp³-hybridized carbons (Fsp3) is 0.267. The number of rotatable bonds is 3. The topological polar surface area (TPSA) is 61.1 Å². The van der Waals surface area contributed by atoms with Crippen molar-refractivity contribution in [2.24, 2.45) is 7.05 Å². The first-order chi connectivity index (χ1) is 11.1. The smallest absolute Gasteiger partial charge is 0.294 e. The lowest BCUT2D eigenvalue weighted by Crippen LogP contribution is -2.40. The molecule has 2 rings (SSSR count). The van der Waals surface area contributed by atoms with E-state index < -0.39 is 23.1 Å². The maximum atomic E-state index is 12.8. The number of hydrogen-bond donors (Lipinski definition) is 0. The molecule has 0 spiro atoms. The molecule has 0 atom stereocenters. The summed E-state index contributed by atoms with van der Waals surface area (Å²) in [5.41, 5.74) is -3.62. The number of benzene rings is 1. The highest BCUT2D eigenvalue weighted by Gasteiger charge is 2.35. The molecule has 2 aromatic rings. The van der Waals surface area contributed by atoms with Gasteiger partial charge in [-0.1, -0.05) is 18.5 Å². The number of hydrogen-bond acceptors (Lipinski definition) is 3. The van der Waals surface area contributed by atoms with Crippen LogP contribution in [0.4, 0.5) is 13.2 Å². The third-order valence-corrected chi connectivity index (χ3v) is 3.77. The van der Waals surface area contributed by atoms with Gasteiger partial charge in [0.2, 0.25) is 0 Å². The zero-order valence-electron chi connectivity index (χ0n) is 12.6. The first kappa shape index (κ1) is 18.0. The first-order valence-electron chi connectivity index (χ1n) is 6.81. The molecule has 5 nitrogen and oxygen atoms in total. The van der Waals surface area contributed by atoms with Crippen LogP contribution in [0.3, 0.4) is 0 Å². The van der Waals surface area contributed by atoms with E-state index in [9.17, 15) is 27.6 Å². The molecule has 0 aliphatic heterocycles. The molecule has 0 unspecified atom stereocenters. The Morgan fingerprint density at radius 1 is 1.21 bits per heavy atom. The lowest BCUT2D eigenvalue weighted by molar-refractivity contribution is -0.144. The normalized spacial score (nSPS) is 11.6. The predicted octanol–water partition coefficient (Wildman–Crippen LogP) is 2.80. The molecule has 0 aliphatic carbocycles. The van der Waals surface area contributed by atoms with Crippen molar-refractivity contribution in [3.8, 4) is 5.69 Å². The Bertz CT molecular complexity index is 929. The monoisotopic (exact) mass is 360 g/mol. The number of carbonyl (C=O) groups excluding carboxylic acids is 1. The summed E-state index contributed by atoms with van der Waals surface area (Å²) >= 11 is 5.91. The third-order valence-electron chi connectivity index (χ3n) is 3.44. The lowest BCUT2D eigenvalue weighted by atomic mass is 10.1. The van der Waals surface area contributed by atoms with Crippen molar-refractivity contribution in [3.05, 3.63) is 61.4 Å². The van der Waals surface area contributed by atoms with Gasteiger partial charge < -0.3 is 0 Å². The fourth-order valence-corrected chi connectivity index (χ4v) is 2.41. The molecule has 0 amide bonds. The Kier molecular flexibility index (Phi) is 4.70. The highest BCUT2D eigenvalue weighted by molar-refractivity contribution is 6.34. The molecule has 0 fully saturated rings. The van der Waals surface area contributed by atoms with E-state index >= 15 is 0 Å². The number of ketones is 1. The quantitative estimate of drug-likeness (QED) is 0.791. The lowest BCUT2D eigenvalue weighted by Gasteiger charge is -2.14. The maximum absolute atomic E-state index is 12.8. The summed E-state index contributed by atoms with van der Waals surface area (Å²) < 4.78 is 39.4. The summed E-state index contributed by atoms with van der Waals surface area (Å²) in [6.45, 7) is 1.61. The summed E-state index contributed by atoms with van der Waals surface area (Å²) in [4.78, 5) is 36.1. The van der Waals surface area contributed by atoms with Gasteiger partial charge in [-0.2, -0.15) is 13.2 Å². The van der Waals surface area contributed by atoms with Gasteiger partial charge in [0.15, 0.2) is 5.78 Å². The molecule has 0 N–H and O–H groups in total. The van der Waals surface area contributed by atoms with Gasteiger partial charge in [0.05, 0.1) is 10.7 Å². The molecule has 0 saturated heterocycles. The molecule has 0 bridgehead atoms. The third kappa shape index (κ3) is 3.14. The van der Waals surface area contributed by atoms with Crippen LogP contribution < -0.4 is 11.2 Å². The van der Waals surface area contributed by atoms with Crippen molar-refractivity contribution in [1.29, 1.82) is 0 Å². The minimum Gasteiger partial charge on any atom is -0.294 e. The van der Waals surface area contributed by atoms with Gasteiger partial charge in [-0.15, -0.1) is 0 Å². The van der Waals surface area contributed by atoms with Crippen LogP contribution in [-0.2, 0) is 13.2 Å². The molecular formula is C15H12ClF3N2O3. The summed E-state index contributed by atoms with van der Waals surface area (Å²) in [7, 11) is 0.912. The molecule has 128 valence electrons. The van der Waals surface area contributed by atoms with Crippen LogP contribution in [-0.4, -0.2) is 14.9 Å². The van der Waals surface area contributed by atoms with Crippen molar-refractivity contribution < 1.29 is 18.0 Å².